The van der Waals surface area contributed by atoms with Crippen LogP contribution in [0.2, 0.25) is 0 Å². The predicted octanol–water partition coefficient (Wildman–Crippen LogP) is 0.681. The molecule has 1 amide bonds. The summed E-state index contributed by atoms with van der Waals surface area (Å²) in [6.07, 6.45) is 3.29. The van der Waals surface area contributed by atoms with Crippen molar-refractivity contribution in [1.29, 1.82) is 0 Å². The summed E-state index contributed by atoms with van der Waals surface area (Å²) in [5, 5.41) is 3.36. The van der Waals surface area contributed by atoms with Crippen LogP contribution < -0.4 is 5.32 Å². The van der Waals surface area contributed by atoms with Crippen molar-refractivity contribution in [2.75, 3.05) is 32.7 Å². The normalized spacial score (nSPS) is 30.8. The Hall–Kier alpha value is -0.610. The Bertz CT molecular complexity index is 253. The van der Waals surface area contributed by atoms with Crippen molar-refractivity contribution in [1.82, 2.24) is 15.1 Å². The SMILES string of the molecule is CC1CNCC(C)N1C(=O)CCN1CCCC1. The van der Waals surface area contributed by atoms with E-state index in [9.17, 15) is 4.79 Å². The Kier molecular flexibility index (Phi) is 4.40. The van der Waals surface area contributed by atoms with E-state index in [2.05, 4.69) is 29.0 Å². The second kappa shape index (κ2) is 5.83. The molecule has 2 rings (SSSR count). The molecule has 0 aromatic carbocycles. The van der Waals surface area contributed by atoms with Crippen LogP contribution in [0.1, 0.15) is 33.1 Å². The number of hydrogen-bond acceptors (Lipinski definition) is 3. The number of rotatable bonds is 3. The van der Waals surface area contributed by atoms with Gasteiger partial charge in [0.25, 0.3) is 0 Å². The maximum absolute atomic E-state index is 12.2. The third-order valence-corrected chi connectivity index (χ3v) is 3.96. The van der Waals surface area contributed by atoms with Crippen molar-refractivity contribution in [3.63, 3.8) is 0 Å². The van der Waals surface area contributed by atoms with Crippen molar-refractivity contribution in [2.24, 2.45) is 0 Å². The topological polar surface area (TPSA) is 35.6 Å². The lowest BCUT2D eigenvalue weighted by molar-refractivity contribution is -0.136. The first kappa shape index (κ1) is 12.8. The molecule has 0 bridgehead atoms. The van der Waals surface area contributed by atoms with Gasteiger partial charge in [0.1, 0.15) is 0 Å². The molecule has 0 spiro atoms. The minimum Gasteiger partial charge on any atom is -0.335 e. The molecule has 4 heteroatoms. The zero-order chi connectivity index (χ0) is 12.3. The van der Waals surface area contributed by atoms with E-state index in [1.54, 1.807) is 0 Å². The molecule has 2 heterocycles. The molecule has 0 aromatic heterocycles. The van der Waals surface area contributed by atoms with Crippen LogP contribution in [-0.4, -0.2) is 60.5 Å². The summed E-state index contributed by atoms with van der Waals surface area (Å²) >= 11 is 0. The van der Waals surface area contributed by atoms with Gasteiger partial charge in [0.15, 0.2) is 0 Å². The van der Waals surface area contributed by atoms with Gasteiger partial charge in [-0.1, -0.05) is 0 Å². The van der Waals surface area contributed by atoms with Crippen LogP contribution in [0.4, 0.5) is 0 Å². The average Bonchev–Trinajstić information content (AvgIpc) is 2.79. The van der Waals surface area contributed by atoms with E-state index in [-0.39, 0.29) is 0 Å². The van der Waals surface area contributed by atoms with Gasteiger partial charge in [0.2, 0.25) is 5.91 Å². The summed E-state index contributed by atoms with van der Waals surface area (Å²) in [5.41, 5.74) is 0. The van der Waals surface area contributed by atoms with Crippen LogP contribution in [0.25, 0.3) is 0 Å². The molecule has 0 saturated carbocycles. The van der Waals surface area contributed by atoms with Gasteiger partial charge in [-0.15, -0.1) is 0 Å². The van der Waals surface area contributed by atoms with Crippen LogP contribution in [0.5, 0.6) is 0 Å². The Morgan fingerprint density at radius 1 is 1.18 bits per heavy atom. The van der Waals surface area contributed by atoms with Crippen LogP contribution in [0.3, 0.4) is 0 Å². The molecular weight excluding hydrogens is 214 g/mol. The highest BCUT2D eigenvalue weighted by Crippen LogP contribution is 2.13. The number of likely N-dealkylation sites (tertiary alicyclic amines) is 1. The molecule has 2 unspecified atom stereocenters. The molecule has 2 atom stereocenters. The molecule has 4 nitrogen and oxygen atoms in total. The zero-order valence-electron chi connectivity index (χ0n) is 11.1. The van der Waals surface area contributed by atoms with Crippen molar-refractivity contribution in [3.05, 3.63) is 0 Å². The third kappa shape index (κ3) is 3.19. The predicted molar refractivity (Wildman–Crippen MR) is 68.9 cm³/mol. The Morgan fingerprint density at radius 3 is 2.35 bits per heavy atom. The minimum atomic E-state index is 0.332. The third-order valence-electron chi connectivity index (χ3n) is 3.96. The van der Waals surface area contributed by atoms with Gasteiger partial charge in [-0.3, -0.25) is 4.79 Å². The van der Waals surface area contributed by atoms with Gasteiger partial charge in [0, 0.05) is 38.1 Å². The van der Waals surface area contributed by atoms with Crippen LogP contribution in [-0.2, 0) is 4.79 Å². The van der Waals surface area contributed by atoms with Crippen LogP contribution in [0.15, 0.2) is 0 Å². The lowest BCUT2D eigenvalue weighted by Crippen LogP contribution is -2.57. The maximum atomic E-state index is 12.2. The second-order valence-electron chi connectivity index (χ2n) is 5.46. The number of piperazine rings is 1. The molecular formula is C13H25N3O. The molecule has 2 fully saturated rings. The van der Waals surface area contributed by atoms with Crippen molar-refractivity contribution in [3.8, 4) is 0 Å². The molecule has 98 valence electrons. The monoisotopic (exact) mass is 239 g/mol. The van der Waals surface area contributed by atoms with E-state index >= 15 is 0 Å². The highest BCUT2D eigenvalue weighted by Gasteiger charge is 2.28. The van der Waals surface area contributed by atoms with E-state index in [1.165, 1.54) is 25.9 Å². The number of hydrogen-bond donors (Lipinski definition) is 1. The molecule has 0 aromatic rings. The minimum absolute atomic E-state index is 0.332. The Morgan fingerprint density at radius 2 is 1.76 bits per heavy atom. The standard InChI is InChI=1S/C13H25N3O/c1-11-9-14-10-12(2)16(11)13(17)5-8-15-6-3-4-7-15/h11-12,14H,3-10H2,1-2H3. The Labute approximate surface area is 104 Å². The second-order valence-corrected chi connectivity index (χ2v) is 5.46. The first-order valence-corrected chi connectivity index (χ1v) is 6.92. The summed E-state index contributed by atoms with van der Waals surface area (Å²) in [6, 6.07) is 0.676. The highest BCUT2D eigenvalue weighted by atomic mass is 16.2. The van der Waals surface area contributed by atoms with Crippen molar-refractivity contribution < 1.29 is 4.79 Å². The van der Waals surface area contributed by atoms with Gasteiger partial charge in [-0.25, -0.2) is 0 Å². The van der Waals surface area contributed by atoms with E-state index < -0.39 is 0 Å². The van der Waals surface area contributed by atoms with Gasteiger partial charge >= 0.3 is 0 Å². The lowest BCUT2D eigenvalue weighted by Gasteiger charge is -2.39. The van der Waals surface area contributed by atoms with Gasteiger partial charge in [-0.2, -0.15) is 0 Å². The van der Waals surface area contributed by atoms with Gasteiger partial charge in [0.05, 0.1) is 0 Å². The molecule has 2 aliphatic heterocycles. The fourth-order valence-electron chi connectivity index (χ4n) is 3.01. The van der Waals surface area contributed by atoms with Crippen molar-refractivity contribution >= 4 is 5.91 Å². The van der Waals surface area contributed by atoms with E-state index in [1.807, 2.05) is 0 Å². The fourth-order valence-corrected chi connectivity index (χ4v) is 3.01. The number of nitrogens with one attached hydrogen (secondary N) is 1. The molecule has 0 radical (unpaired) electrons. The van der Waals surface area contributed by atoms with E-state index in [4.69, 9.17) is 0 Å². The highest BCUT2D eigenvalue weighted by molar-refractivity contribution is 5.77. The number of nitrogens with zero attached hydrogens (tertiary/aromatic N) is 2. The molecule has 17 heavy (non-hydrogen) atoms. The first-order chi connectivity index (χ1) is 8.18. The smallest absolute Gasteiger partial charge is 0.224 e. The molecule has 2 saturated heterocycles. The quantitative estimate of drug-likeness (QED) is 0.787. The largest absolute Gasteiger partial charge is 0.335 e. The summed E-state index contributed by atoms with van der Waals surface area (Å²) in [4.78, 5) is 16.7. The van der Waals surface area contributed by atoms with E-state index in [0.29, 0.717) is 24.4 Å². The maximum Gasteiger partial charge on any atom is 0.224 e. The summed E-state index contributed by atoms with van der Waals surface area (Å²) in [7, 11) is 0. The summed E-state index contributed by atoms with van der Waals surface area (Å²) in [6.45, 7) is 9.44. The van der Waals surface area contributed by atoms with Crippen LogP contribution >= 0.6 is 0 Å². The number of amides is 1. The molecule has 1 N–H and O–H groups in total. The summed E-state index contributed by atoms with van der Waals surface area (Å²) in [5.74, 6) is 0.332. The van der Waals surface area contributed by atoms with Crippen LogP contribution in [0, 0.1) is 0 Å². The average molecular weight is 239 g/mol. The summed E-state index contributed by atoms with van der Waals surface area (Å²) < 4.78 is 0. The number of carbonyl (C=O) groups excluding carboxylic acids is 1. The number of carbonyl (C=O) groups is 1. The Balaban J connectivity index is 1.80. The zero-order valence-corrected chi connectivity index (χ0v) is 11.1. The first-order valence-electron chi connectivity index (χ1n) is 6.92. The van der Waals surface area contributed by atoms with Gasteiger partial charge < -0.3 is 15.1 Å². The molecule has 2 aliphatic rings. The van der Waals surface area contributed by atoms with Crippen molar-refractivity contribution in [2.45, 2.75) is 45.2 Å². The van der Waals surface area contributed by atoms with E-state index in [0.717, 1.165) is 19.6 Å². The van der Waals surface area contributed by atoms with Gasteiger partial charge in [-0.05, 0) is 39.8 Å². The molecule has 0 aliphatic carbocycles. The lowest BCUT2D eigenvalue weighted by atomic mass is 10.1. The fraction of sp³-hybridized carbons (Fsp3) is 0.923.